The highest BCUT2D eigenvalue weighted by atomic mass is 16.5. The zero-order valence-corrected chi connectivity index (χ0v) is 20.5. The Labute approximate surface area is 209 Å². The molecule has 0 saturated heterocycles. The standard InChI is InChI=1S/C28H23NO8/c1-11-8-12-9-14-17(35-3)10-15-20(19(14)23(31)18(12)28(33)29-11)24(32)21-22(30)13-6-5-7-16(34-2)25(13)37-27(21)26(15)36-4/h5-9,17,31-32H,10H2,1-4H3,(H,29,33). The van der Waals surface area contributed by atoms with E-state index >= 15 is 0 Å². The van der Waals surface area contributed by atoms with E-state index in [9.17, 15) is 19.8 Å². The lowest BCUT2D eigenvalue weighted by molar-refractivity contribution is 0.102. The van der Waals surface area contributed by atoms with Gasteiger partial charge in [-0.25, -0.2) is 0 Å². The second-order valence-electron chi connectivity index (χ2n) is 9.07. The van der Waals surface area contributed by atoms with Crippen molar-refractivity contribution in [2.45, 2.75) is 19.4 Å². The van der Waals surface area contributed by atoms with Gasteiger partial charge in [0.1, 0.15) is 16.9 Å². The van der Waals surface area contributed by atoms with E-state index in [4.69, 9.17) is 18.6 Å². The molecular formula is C28H23NO8. The third kappa shape index (κ3) is 3.01. The van der Waals surface area contributed by atoms with Gasteiger partial charge in [0, 0.05) is 35.9 Å². The Hall–Kier alpha value is -4.50. The highest BCUT2D eigenvalue weighted by Gasteiger charge is 2.36. The second-order valence-corrected chi connectivity index (χ2v) is 9.07. The van der Waals surface area contributed by atoms with Gasteiger partial charge in [0.25, 0.3) is 5.56 Å². The molecule has 9 heteroatoms. The molecule has 0 amide bonds. The number of rotatable bonds is 3. The summed E-state index contributed by atoms with van der Waals surface area (Å²) in [6, 6.07) is 8.43. The van der Waals surface area contributed by atoms with Gasteiger partial charge in [-0.05, 0) is 42.1 Å². The highest BCUT2D eigenvalue weighted by molar-refractivity contribution is 6.07. The van der Waals surface area contributed by atoms with Crippen LogP contribution in [0.3, 0.4) is 0 Å². The number of phenolic OH excluding ortho intramolecular Hbond substituents is 2. The van der Waals surface area contributed by atoms with Crippen LogP contribution in [-0.4, -0.2) is 36.5 Å². The Morgan fingerprint density at radius 1 is 0.973 bits per heavy atom. The Bertz CT molecular complexity index is 1900. The number of benzene rings is 3. The molecule has 3 N–H and O–H groups in total. The molecule has 0 aliphatic heterocycles. The monoisotopic (exact) mass is 501 g/mol. The summed E-state index contributed by atoms with van der Waals surface area (Å²) in [5.41, 5.74) is 1.40. The quantitative estimate of drug-likeness (QED) is 0.309. The fraction of sp³-hybridized carbons (Fsp3) is 0.214. The Balaban J connectivity index is 1.84. The molecule has 3 aromatic carbocycles. The van der Waals surface area contributed by atoms with E-state index < -0.39 is 17.1 Å². The molecule has 1 aliphatic rings. The molecule has 1 unspecified atom stereocenters. The van der Waals surface area contributed by atoms with Gasteiger partial charge in [-0.2, -0.15) is 0 Å². The SMILES string of the molecule is COc1cccc2c(=O)c3c(O)c4c(c(OC)c3oc12)CC(OC)c1cc2cc(C)[nH]c(=O)c2c(O)c1-4. The van der Waals surface area contributed by atoms with Gasteiger partial charge in [0.2, 0.25) is 5.43 Å². The lowest BCUT2D eigenvalue weighted by Crippen LogP contribution is -2.17. The summed E-state index contributed by atoms with van der Waals surface area (Å²) in [5, 5.41) is 23.8. The lowest BCUT2D eigenvalue weighted by Gasteiger charge is -2.30. The number of phenols is 2. The van der Waals surface area contributed by atoms with Crippen LogP contribution in [0.15, 0.2) is 44.3 Å². The molecule has 1 aliphatic carbocycles. The number of aromatic hydroxyl groups is 2. The molecule has 0 radical (unpaired) electrons. The van der Waals surface area contributed by atoms with Crippen LogP contribution in [0.4, 0.5) is 0 Å². The zero-order chi connectivity index (χ0) is 26.2. The van der Waals surface area contributed by atoms with E-state index in [1.54, 1.807) is 37.3 Å². The molecule has 0 bridgehead atoms. The summed E-state index contributed by atoms with van der Waals surface area (Å²) in [6.07, 6.45) is -0.281. The second kappa shape index (κ2) is 8.01. The van der Waals surface area contributed by atoms with E-state index in [0.29, 0.717) is 28.0 Å². The van der Waals surface area contributed by atoms with Crippen molar-refractivity contribution >= 4 is 32.7 Å². The summed E-state index contributed by atoms with van der Waals surface area (Å²) < 4.78 is 23.0. The van der Waals surface area contributed by atoms with Crippen LogP contribution >= 0.6 is 0 Å². The van der Waals surface area contributed by atoms with Gasteiger partial charge < -0.3 is 33.8 Å². The minimum Gasteiger partial charge on any atom is -0.506 e. The van der Waals surface area contributed by atoms with E-state index in [1.807, 2.05) is 0 Å². The molecule has 9 nitrogen and oxygen atoms in total. The number of fused-ring (bicyclic) bond motifs is 6. The fourth-order valence-corrected chi connectivity index (χ4v) is 5.52. The maximum Gasteiger partial charge on any atom is 0.259 e. The number of methoxy groups -OCH3 is 3. The van der Waals surface area contributed by atoms with Crippen LogP contribution in [0.5, 0.6) is 23.0 Å². The van der Waals surface area contributed by atoms with Gasteiger partial charge in [-0.15, -0.1) is 0 Å². The predicted octanol–water partition coefficient (Wildman–Crippen LogP) is 4.44. The number of hydrogen-bond acceptors (Lipinski definition) is 8. The molecular weight excluding hydrogens is 478 g/mol. The van der Waals surface area contributed by atoms with Gasteiger partial charge >= 0.3 is 0 Å². The molecule has 0 spiro atoms. The largest absolute Gasteiger partial charge is 0.506 e. The molecule has 0 fully saturated rings. The average molecular weight is 501 g/mol. The number of nitrogens with one attached hydrogen (secondary N) is 1. The first-order valence-corrected chi connectivity index (χ1v) is 11.6. The van der Waals surface area contributed by atoms with Crippen molar-refractivity contribution in [3.8, 4) is 34.1 Å². The number of ether oxygens (including phenoxy) is 3. The Morgan fingerprint density at radius 3 is 2.43 bits per heavy atom. The maximum atomic E-state index is 13.7. The number of pyridine rings is 1. The van der Waals surface area contributed by atoms with Crippen molar-refractivity contribution in [1.82, 2.24) is 4.98 Å². The minimum absolute atomic E-state index is 0.0489. The smallest absolute Gasteiger partial charge is 0.259 e. The van der Waals surface area contributed by atoms with E-state index in [-0.39, 0.29) is 62.1 Å². The zero-order valence-electron chi connectivity index (χ0n) is 20.5. The van der Waals surface area contributed by atoms with Gasteiger partial charge in [-0.3, -0.25) is 9.59 Å². The number of aromatic nitrogens is 1. The average Bonchev–Trinajstić information content (AvgIpc) is 2.87. The normalized spacial score (nSPS) is 14.6. The highest BCUT2D eigenvalue weighted by Crippen LogP contribution is 2.55. The molecule has 6 rings (SSSR count). The molecule has 2 aromatic heterocycles. The van der Waals surface area contributed by atoms with Crippen LogP contribution in [0.1, 0.15) is 22.9 Å². The van der Waals surface area contributed by atoms with Crippen molar-refractivity contribution in [1.29, 1.82) is 0 Å². The van der Waals surface area contributed by atoms with Crippen LogP contribution in [0.2, 0.25) is 0 Å². The van der Waals surface area contributed by atoms with Gasteiger partial charge in [0.15, 0.2) is 22.7 Å². The summed E-state index contributed by atoms with van der Waals surface area (Å²) in [7, 11) is 4.44. The van der Waals surface area contributed by atoms with Crippen molar-refractivity contribution in [2.75, 3.05) is 21.3 Å². The van der Waals surface area contributed by atoms with Crippen LogP contribution in [-0.2, 0) is 11.2 Å². The summed E-state index contributed by atoms with van der Waals surface area (Å²) in [4.78, 5) is 29.2. The third-order valence-electron chi connectivity index (χ3n) is 7.10. The van der Waals surface area contributed by atoms with Crippen molar-refractivity contribution in [3.63, 3.8) is 0 Å². The lowest BCUT2D eigenvalue weighted by atomic mass is 9.80. The third-order valence-corrected chi connectivity index (χ3v) is 7.10. The van der Waals surface area contributed by atoms with Crippen molar-refractivity contribution in [3.05, 3.63) is 67.7 Å². The summed E-state index contributed by atoms with van der Waals surface area (Å²) >= 11 is 0. The number of H-pyrrole nitrogens is 1. The first kappa shape index (κ1) is 22.9. The van der Waals surface area contributed by atoms with Gasteiger partial charge in [0.05, 0.1) is 31.1 Å². The van der Waals surface area contributed by atoms with Crippen LogP contribution in [0.25, 0.3) is 43.8 Å². The van der Waals surface area contributed by atoms with E-state index in [2.05, 4.69) is 4.98 Å². The first-order valence-electron chi connectivity index (χ1n) is 11.6. The molecule has 2 heterocycles. The maximum absolute atomic E-state index is 13.7. The minimum atomic E-state index is -0.537. The number of hydrogen-bond donors (Lipinski definition) is 3. The fourth-order valence-electron chi connectivity index (χ4n) is 5.52. The van der Waals surface area contributed by atoms with Crippen LogP contribution < -0.4 is 20.5 Å². The van der Waals surface area contributed by atoms with Crippen LogP contribution in [0, 0.1) is 6.92 Å². The predicted molar refractivity (Wildman–Crippen MR) is 138 cm³/mol. The topological polar surface area (TPSA) is 131 Å². The Kier molecular flexibility index (Phi) is 4.96. The van der Waals surface area contributed by atoms with E-state index in [1.165, 1.54) is 21.3 Å². The van der Waals surface area contributed by atoms with Crippen molar-refractivity contribution < 1.29 is 28.8 Å². The summed E-state index contributed by atoms with van der Waals surface area (Å²) in [6.45, 7) is 1.75. The van der Waals surface area contributed by atoms with Crippen molar-refractivity contribution in [2.24, 2.45) is 0 Å². The molecule has 0 saturated carbocycles. The number of aromatic amines is 1. The summed E-state index contributed by atoms with van der Waals surface area (Å²) in [5.74, 6) is -0.120. The molecule has 5 aromatic rings. The molecule has 188 valence electrons. The molecule has 1 atom stereocenters. The first-order chi connectivity index (χ1) is 17.8. The van der Waals surface area contributed by atoms with E-state index in [0.717, 1.165) is 0 Å². The number of para-hydroxylation sites is 1. The molecule has 37 heavy (non-hydrogen) atoms. The Morgan fingerprint density at radius 2 is 1.73 bits per heavy atom. The van der Waals surface area contributed by atoms with Gasteiger partial charge in [-0.1, -0.05) is 6.07 Å². The number of aryl methyl sites for hydroxylation is 1.